The first-order chi connectivity index (χ1) is 29.2. The van der Waals surface area contributed by atoms with Crippen LogP contribution in [0.25, 0.3) is 34.2 Å². The van der Waals surface area contributed by atoms with Crippen LogP contribution in [0.15, 0.2) is 146 Å². The molecule has 0 aliphatic rings. The molecule has 2 aromatic carbocycles. The molecule has 0 atom stereocenters. The van der Waals surface area contributed by atoms with E-state index in [1.54, 1.807) is 55.0 Å². The van der Waals surface area contributed by atoms with Crippen LogP contribution in [-0.2, 0) is 19.8 Å². The van der Waals surface area contributed by atoms with E-state index in [4.69, 9.17) is 19.9 Å². The van der Waals surface area contributed by atoms with Gasteiger partial charge in [0.05, 0.1) is 34.2 Å². The molecule has 8 rings (SSSR count). The number of carbonyl (C=O) groups excluding carboxylic acids is 1. The van der Waals surface area contributed by atoms with Gasteiger partial charge >= 0.3 is 0 Å². The molecule has 0 aliphatic carbocycles. The fourth-order valence-electron chi connectivity index (χ4n) is 6.21. The molecular formula is C49H41N7O4. The van der Waals surface area contributed by atoms with Crippen molar-refractivity contribution in [1.82, 2.24) is 29.9 Å². The van der Waals surface area contributed by atoms with Crippen molar-refractivity contribution in [1.29, 1.82) is 0 Å². The fraction of sp³-hybridized carbons (Fsp3) is 0.122. The first-order valence-electron chi connectivity index (χ1n) is 19.3. The fourth-order valence-corrected chi connectivity index (χ4v) is 6.21. The maximum atomic E-state index is 14.4. The number of nitrogen functional groups attached to an aromatic ring is 1. The Morgan fingerprint density at radius 2 is 0.800 bits per heavy atom. The van der Waals surface area contributed by atoms with Gasteiger partial charge in [0.1, 0.15) is 42.6 Å². The van der Waals surface area contributed by atoms with E-state index in [0.717, 1.165) is 67.5 Å². The van der Waals surface area contributed by atoms with E-state index in [9.17, 15) is 4.79 Å². The van der Waals surface area contributed by atoms with Crippen molar-refractivity contribution in [3.63, 3.8) is 0 Å². The van der Waals surface area contributed by atoms with E-state index in [2.05, 4.69) is 29.9 Å². The number of ketones is 1. The highest BCUT2D eigenvalue weighted by Crippen LogP contribution is 2.38. The van der Waals surface area contributed by atoms with Gasteiger partial charge in [0.25, 0.3) is 0 Å². The summed E-state index contributed by atoms with van der Waals surface area (Å²) in [4.78, 5) is 41.8. The first-order valence-corrected chi connectivity index (χ1v) is 19.3. The molecular weight excluding hydrogens is 751 g/mol. The summed E-state index contributed by atoms with van der Waals surface area (Å²) in [6.07, 6.45) is 10.7. The molecule has 8 aromatic rings. The molecule has 6 heterocycles. The molecule has 0 saturated carbocycles. The Morgan fingerprint density at radius 3 is 1.13 bits per heavy atom. The highest BCUT2D eigenvalue weighted by atomic mass is 16.5. The topological polar surface area (TPSA) is 148 Å². The number of benzene rings is 2. The van der Waals surface area contributed by atoms with Crippen molar-refractivity contribution in [2.45, 2.75) is 40.6 Å². The Labute approximate surface area is 348 Å². The summed E-state index contributed by atoms with van der Waals surface area (Å²) in [5, 5.41) is 0. The minimum absolute atomic E-state index is 0.108. The Kier molecular flexibility index (Phi) is 11.6. The molecule has 0 amide bonds. The summed E-state index contributed by atoms with van der Waals surface area (Å²) in [5.74, 6) is 0.655. The highest BCUT2D eigenvalue weighted by Gasteiger charge is 2.24. The molecule has 11 heteroatoms. The van der Waals surface area contributed by atoms with E-state index in [1.165, 1.54) is 0 Å². The van der Waals surface area contributed by atoms with Crippen LogP contribution >= 0.6 is 0 Å². The molecule has 0 bridgehead atoms. The van der Waals surface area contributed by atoms with Gasteiger partial charge in [0, 0.05) is 77.3 Å². The monoisotopic (exact) mass is 791 g/mol. The number of ether oxygens (including phenoxy) is 3. The summed E-state index contributed by atoms with van der Waals surface area (Å²) in [7, 11) is 0. The van der Waals surface area contributed by atoms with Crippen molar-refractivity contribution in [2.24, 2.45) is 0 Å². The Morgan fingerprint density at radius 1 is 0.450 bits per heavy atom. The summed E-state index contributed by atoms with van der Waals surface area (Å²) < 4.78 is 19.3. The van der Waals surface area contributed by atoms with Crippen molar-refractivity contribution in [2.75, 3.05) is 5.73 Å². The van der Waals surface area contributed by atoms with Gasteiger partial charge in [0.15, 0.2) is 0 Å². The molecule has 0 saturated heterocycles. The standard InChI is InChI=1S/C49H41N7O4/c1-31-4-14-40(51-22-31)43-17-7-34(25-54-43)28-58-39-20-46(59-29-35-8-18-44(55-26-35)41-15-5-32(2)23-52-41)48(49(57)37-10-12-38(50)13-11-37)47(21-39)60-30-36-9-19-45(56-27-36)42-16-6-33(3)24-53-42/h4-27H,28-30,50H2,1-3H3. The van der Waals surface area contributed by atoms with E-state index in [1.807, 2.05) is 112 Å². The quantitative estimate of drug-likeness (QED) is 0.0829. The van der Waals surface area contributed by atoms with Gasteiger partial charge in [-0.2, -0.15) is 0 Å². The lowest BCUT2D eigenvalue weighted by Crippen LogP contribution is -2.10. The van der Waals surface area contributed by atoms with Gasteiger partial charge in [-0.15, -0.1) is 0 Å². The average Bonchev–Trinajstić information content (AvgIpc) is 3.28. The second-order valence-corrected chi connectivity index (χ2v) is 14.4. The van der Waals surface area contributed by atoms with Crippen LogP contribution in [0.2, 0.25) is 0 Å². The molecule has 0 aliphatic heterocycles. The molecule has 11 nitrogen and oxygen atoms in total. The van der Waals surface area contributed by atoms with E-state index in [0.29, 0.717) is 17.0 Å². The number of nitrogens with zero attached hydrogens (tertiary/aromatic N) is 6. The zero-order valence-electron chi connectivity index (χ0n) is 33.4. The number of anilines is 1. The highest BCUT2D eigenvalue weighted by molar-refractivity contribution is 6.12. The minimum atomic E-state index is -0.311. The van der Waals surface area contributed by atoms with Gasteiger partial charge < -0.3 is 19.9 Å². The molecule has 0 spiro atoms. The lowest BCUT2D eigenvalue weighted by atomic mass is 10.0. The molecule has 6 aromatic heterocycles. The lowest BCUT2D eigenvalue weighted by molar-refractivity contribution is 0.102. The van der Waals surface area contributed by atoms with Crippen LogP contribution in [0.1, 0.15) is 49.3 Å². The predicted octanol–water partition coefficient (Wildman–Crippen LogP) is 9.53. The molecule has 60 heavy (non-hydrogen) atoms. The van der Waals surface area contributed by atoms with Gasteiger partial charge in [-0.05, 0) is 98.1 Å². The molecule has 0 radical (unpaired) electrons. The maximum absolute atomic E-state index is 14.4. The molecule has 0 unspecified atom stereocenters. The lowest BCUT2D eigenvalue weighted by Gasteiger charge is -2.18. The molecule has 0 fully saturated rings. The summed E-state index contributed by atoms with van der Waals surface area (Å²) in [6.45, 7) is 6.38. The smallest absolute Gasteiger partial charge is 0.200 e. The van der Waals surface area contributed by atoms with Gasteiger partial charge in [-0.3, -0.25) is 34.7 Å². The van der Waals surface area contributed by atoms with Crippen molar-refractivity contribution >= 4 is 11.5 Å². The molecule has 2 N–H and O–H groups in total. The normalized spacial score (nSPS) is 10.9. The van der Waals surface area contributed by atoms with Crippen LogP contribution in [-0.4, -0.2) is 35.7 Å². The number of hydrogen-bond donors (Lipinski definition) is 1. The zero-order chi connectivity index (χ0) is 41.4. The minimum Gasteiger partial charge on any atom is -0.489 e. The van der Waals surface area contributed by atoms with Crippen molar-refractivity contribution < 1.29 is 19.0 Å². The second kappa shape index (κ2) is 17.8. The maximum Gasteiger partial charge on any atom is 0.200 e. The second-order valence-electron chi connectivity index (χ2n) is 14.4. The third-order valence-corrected chi connectivity index (χ3v) is 9.63. The van der Waals surface area contributed by atoms with Crippen molar-refractivity contribution in [3.8, 4) is 51.4 Å². The summed E-state index contributed by atoms with van der Waals surface area (Å²) in [5.41, 5.74) is 17.3. The number of pyridine rings is 6. The van der Waals surface area contributed by atoms with Crippen LogP contribution in [0, 0.1) is 20.8 Å². The number of rotatable bonds is 14. The van der Waals surface area contributed by atoms with Crippen LogP contribution in [0.4, 0.5) is 5.69 Å². The largest absolute Gasteiger partial charge is 0.489 e. The number of nitrogens with two attached hydrogens (primary N) is 1. The van der Waals surface area contributed by atoms with E-state index in [-0.39, 0.29) is 42.7 Å². The summed E-state index contributed by atoms with van der Waals surface area (Å²) >= 11 is 0. The predicted molar refractivity (Wildman–Crippen MR) is 230 cm³/mol. The third-order valence-electron chi connectivity index (χ3n) is 9.63. The van der Waals surface area contributed by atoms with Crippen molar-refractivity contribution in [3.05, 3.63) is 191 Å². The van der Waals surface area contributed by atoms with E-state index < -0.39 is 0 Å². The zero-order valence-corrected chi connectivity index (χ0v) is 33.4. The number of aryl methyl sites for hydroxylation is 3. The van der Waals surface area contributed by atoms with E-state index >= 15 is 0 Å². The van der Waals surface area contributed by atoms with Gasteiger partial charge in [0.2, 0.25) is 5.78 Å². The van der Waals surface area contributed by atoms with Gasteiger partial charge in [-0.1, -0.05) is 36.4 Å². The third kappa shape index (κ3) is 9.49. The number of aromatic nitrogens is 6. The number of carbonyl (C=O) groups is 1. The van der Waals surface area contributed by atoms with Crippen LogP contribution in [0.5, 0.6) is 17.2 Å². The Hall–Kier alpha value is -7.79. The molecule has 296 valence electrons. The Balaban J connectivity index is 1.10. The first kappa shape index (κ1) is 39.1. The summed E-state index contributed by atoms with van der Waals surface area (Å²) in [6, 6.07) is 33.5. The Bertz CT molecular complexity index is 2590. The number of hydrogen-bond acceptors (Lipinski definition) is 11. The average molecular weight is 792 g/mol. The van der Waals surface area contributed by atoms with Crippen LogP contribution in [0.3, 0.4) is 0 Å². The van der Waals surface area contributed by atoms with Crippen LogP contribution < -0.4 is 19.9 Å². The van der Waals surface area contributed by atoms with Gasteiger partial charge in [-0.25, -0.2) is 0 Å². The SMILES string of the molecule is Cc1ccc(-c2ccc(COc3cc(OCc4ccc(-c5ccc(C)cn5)nc4)c(C(=O)c4ccc(N)cc4)c(OCc4ccc(-c5ccc(C)cn5)nc4)c3)cn2)nc1.